The maximum Gasteiger partial charge on any atom is 0.269 e. The fourth-order valence-corrected chi connectivity index (χ4v) is 8.33. The second-order valence-corrected chi connectivity index (χ2v) is 17.9. The van der Waals surface area contributed by atoms with Crippen LogP contribution in [0, 0.1) is 17.2 Å². The first-order chi connectivity index (χ1) is 35.4. The van der Waals surface area contributed by atoms with E-state index in [1.807, 2.05) is 115 Å². The molecular formula is C58H52N4O. The van der Waals surface area contributed by atoms with Crippen LogP contribution < -0.4 is 9.30 Å². The predicted molar refractivity (Wildman–Crippen MR) is 259 cm³/mol. The van der Waals surface area contributed by atoms with E-state index in [4.69, 9.17) is 26.2 Å². The van der Waals surface area contributed by atoms with Crippen LogP contribution in [-0.4, -0.2) is 14.1 Å². The summed E-state index contributed by atoms with van der Waals surface area (Å²) in [6.07, 6.45) is 4.20. The van der Waals surface area contributed by atoms with Crippen molar-refractivity contribution in [2.24, 2.45) is 10.8 Å². The Morgan fingerprint density at radius 2 is 1.30 bits per heavy atom. The zero-order chi connectivity index (χ0) is 53.8. The van der Waals surface area contributed by atoms with Crippen LogP contribution in [-0.2, 0) is 12.8 Å². The molecule has 0 radical (unpaired) electrons. The zero-order valence-electron chi connectivity index (χ0n) is 48.0. The summed E-state index contributed by atoms with van der Waals surface area (Å²) in [6.45, 7) is 12.1. The molecule has 0 aliphatic carbocycles. The standard InChI is InChI=1S/C58H52N4O/c1-57(2,3)37-40-27-30-52-54(33-40)60(39-61(52)56-47(42-17-9-7-10-18-42)24-16-25-48(56)43-19-11-8-12-20-43)44-21-15-22-45(35-44)63-46-28-29-50-49-23-13-14-26-51(49)62(53(50)36-46)55-34-41(31-32-59-55)38-58(4,5)6/h7-36H,37-38H2,1-6H3/i7D,8D,9D,10D,11D,12D,17D,18D,19D,20D,38D2. The van der Waals surface area contributed by atoms with Gasteiger partial charge in [-0.2, -0.15) is 0 Å². The summed E-state index contributed by atoms with van der Waals surface area (Å²) in [6, 6.07) is 30.2. The van der Waals surface area contributed by atoms with Crippen molar-refractivity contribution in [3.05, 3.63) is 199 Å². The average molecular weight is 833 g/mol. The van der Waals surface area contributed by atoms with E-state index < -0.39 is 72.2 Å². The van der Waals surface area contributed by atoms with Gasteiger partial charge in [0.05, 0.1) is 47.1 Å². The average Bonchev–Trinajstić information content (AvgIpc) is 3.91. The Morgan fingerprint density at radius 3 is 2.02 bits per heavy atom. The number of imidazole rings is 1. The molecule has 0 saturated carbocycles. The number of fused-ring (bicyclic) bond motifs is 4. The number of ether oxygens (including phenoxy) is 1. The number of hydrogen-bond donors (Lipinski definition) is 0. The van der Waals surface area contributed by atoms with Gasteiger partial charge in [0.2, 0.25) is 0 Å². The Hall–Kier alpha value is -7.24. The molecule has 0 N–H and O–H groups in total. The lowest BCUT2D eigenvalue weighted by molar-refractivity contribution is -0.571. The molecule has 3 aromatic heterocycles. The van der Waals surface area contributed by atoms with Crippen molar-refractivity contribution in [2.45, 2.75) is 54.3 Å². The number of hydrogen-bond acceptors (Lipinski definition) is 2. The van der Waals surface area contributed by atoms with Crippen LogP contribution in [0.2, 0.25) is 0 Å². The van der Waals surface area contributed by atoms with Crippen LogP contribution in [0.25, 0.3) is 72.3 Å². The monoisotopic (exact) mass is 832 g/mol. The number of rotatable bonds is 9. The smallest absolute Gasteiger partial charge is 0.269 e. The van der Waals surface area contributed by atoms with E-state index in [0.29, 0.717) is 46.0 Å². The van der Waals surface area contributed by atoms with Gasteiger partial charge in [-0.25, -0.2) is 4.98 Å². The van der Waals surface area contributed by atoms with Gasteiger partial charge in [-0.1, -0.05) is 162 Å². The summed E-state index contributed by atoms with van der Waals surface area (Å²) in [5.41, 5.74) is 4.44. The molecule has 5 heteroatoms. The predicted octanol–water partition coefficient (Wildman–Crippen LogP) is 14.5. The summed E-state index contributed by atoms with van der Waals surface area (Å²) in [5, 5.41) is 1.94. The SMILES string of the molecule is [2H]c1c([2H])c([2H])c(-c2cccc(-c3c([2H])c([2H])c([2H])c([2H])c3[2H])c2-[n+]2[c-]n(-c3cccc(Oc4ccc5c6ccccc6n(-c6cc(C([2H])([2H])C(C)(C)C)ccn6)c5c4)c3)c3cc(CC(C)(C)C)ccc32)c([2H])c1[2H]. The molecular weight excluding hydrogens is 769 g/mol. The van der Waals surface area contributed by atoms with Crippen molar-refractivity contribution in [2.75, 3.05) is 0 Å². The Labute approximate surface area is 387 Å². The largest absolute Gasteiger partial charge is 0.458 e. The minimum absolute atomic E-state index is 0.105. The first-order valence-corrected chi connectivity index (χ1v) is 20.9. The van der Waals surface area contributed by atoms with Gasteiger partial charge in [-0.05, 0) is 106 Å². The van der Waals surface area contributed by atoms with E-state index in [1.54, 1.807) is 41.1 Å². The van der Waals surface area contributed by atoms with E-state index in [-0.39, 0.29) is 33.4 Å². The van der Waals surface area contributed by atoms with Crippen molar-refractivity contribution in [3.63, 3.8) is 0 Å². The minimum Gasteiger partial charge on any atom is -0.458 e. The van der Waals surface area contributed by atoms with Crippen LogP contribution in [0.3, 0.4) is 0 Å². The molecule has 0 fully saturated rings. The van der Waals surface area contributed by atoms with Gasteiger partial charge in [0.1, 0.15) is 17.3 Å². The van der Waals surface area contributed by atoms with Crippen LogP contribution in [0.4, 0.5) is 0 Å². The third-order valence-electron chi connectivity index (χ3n) is 10.7. The topological polar surface area (TPSA) is 35.9 Å². The third kappa shape index (κ3) is 8.03. The molecule has 0 spiro atoms. The number of nitrogens with zero attached hydrogens (tertiary/aromatic N) is 4. The molecule has 0 amide bonds. The number of para-hydroxylation sites is 2. The van der Waals surface area contributed by atoms with E-state index in [1.165, 1.54) is 0 Å². The van der Waals surface area contributed by atoms with Crippen molar-refractivity contribution >= 4 is 32.8 Å². The van der Waals surface area contributed by atoms with Crippen molar-refractivity contribution < 1.29 is 25.8 Å². The molecule has 0 aliphatic rings. The summed E-state index contributed by atoms with van der Waals surface area (Å²) >= 11 is 0. The van der Waals surface area contributed by atoms with E-state index in [2.05, 4.69) is 27.1 Å². The maximum atomic E-state index is 9.11. The Morgan fingerprint density at radius 1 is 0.619 bits per heavy atom. The molecule has 10 rings (SSSR count). The first-order valence-electron chi connectivity index (χ1n) is 26.9. The molecule has 0 bridgehead atoms. The molecule has 10 aromatic rings. The maximum absolute atomic E-state index is 9.11. The van der Waals surface area contributed by atoms with Crippen LogP contribution in [0.5, 0.6) is 11.5 Å². The molecule has 0 atom stereocenters. The molecule has 7 aromatic carbocycles. The Bertz CT molecular complexity index is 3830. The minimum atomic E-state index is -1.65. The number of benzene rings is 7. The lowest BCUT2D eigenvalue weighted by Crippen LogP contribution is -2.31. The second-order valence-electron chi connectivity index (χ2n) is 17.9. The zero-order valence-corrected chi connectivity index (χ0v) is 36.0. The molecule has 0 saturated heterocycles. The highest BCUT2D eigenvalue weighted by Gasteiger charge is 2.22. The Kier molecular flexibility index (Phi) is 7.16. The summed E-state index contributed by atoms with van der Waals surface area (Å²) in [7, 11) is 0. The van der Waals surface area contributed by atoms with Gasteiger partial charge in [0.15, 0.2) is 0 Å². The molecule has 310 valence electrons. The highest BCUT2D eigenvalue weighted by Crippen LogP contribution is 2.38. The third-order valence-corrected chi connectivity index (χ3v) is 10.7. The van der Waals surface area contributed by atoms with Gasteiger partial charge in [-0.3, -0.25) is 13.7 Å². The number of pyridine rings is 1. The summed E-state index contributed by atoms with van der Waals surface area (Å²) in [5.74, 6) is 1.55. The van der Waals surface area contributed by atoms with Gasteiger partial charge in [-0.15, -0.1) is 0 Å². The van der Waals surface area contributed by atoms with Crippen molar-refractivity contribution in [3.8, 4) is 50.9 Å². The first kappa shape index (κ1) is 28.4. The normalized spacial score (nSPS) is 15.0. The van der Waals surface area contributed by atoms with E-state index in [9.17, 15) is 0 Å². The highest BCUT2D eigenvalue weighted by molar-refractivity contribution is 6.09. The van der Waals surface area contributed by atoms with Gasteiger partial charge < -0.3 is 4.74 Å². The molecule has 63 heavy (non-hydrogen) atoms. The van der Waals surface area contributed by atoms with Crippen LogP contribution in [0.15, 0.2) is 182 Å². The molecule has 0 unspecified atom stereocenters. The lowest BCUT2D eigenvalue weighted by Gasteiger charge is -2.19. The highest BCUT2D eigenvalue weighted by atomic mass is 16.5. The van der Waals surface area contributed by atoms with E-state index in [0.717, 1.165) is 27.4 Å². The Balaban J connectivity index is 1.17. The number of aromatic nitrogens is 4. The molecule has 0 aliphatic heterocycles. The summed E-state index contributed by atoms with van der Waals surface area (Å²) < 4.78 is 118. The van der Waals surface area contributed by atoms with Crippen LogP contribution in [0.1, 0.15) is 69.1 Å². The lowest BCUT2D eigenvalue weighted by atomic mass is 9.88. The van der Waals surface area contributed by atoms with Crippen molar-refractivity contribution in [1.82, 2.24) is 14.1 Å². The molecule has 3 heterocycles. The van der Waals surface area contributed by atoms with E-state index >= 15 is 0 Å². The summed E-state index contributed by atoms with van der Waals surface area (Å²) in [4.78, 5) is 4.76. The van der Waals surface area contributed by atoms with Crippen molar-refractivity contribution in [1.29, 1.82) is 0 Å². The second kappa shape index (κ2) is 15.9. The fourth-order valence-electron chi connectivity index (χ4n) is 8.33. The van der Waals surface area contributed by atoms with Crippen LogP contribution >= 0.6 is 0 Å². The molecule has 5 nitrogen and oxygen atoms in total. The van der Waals surface area contributed by atoms with Gasteiger partial charge in [0, 0.05) is 25.8 Å². The quantitative estimate of drug-likeness (QED) is 0.107. The van der Waals surface area contributed by atoms with Gasteiger partial charge in [0.25, 0.3) is 6.33 Å². The van der Waals surface area contributed by atoms with Gasteiger partial charge >= 0.3 is 0 Å². The fraction of sp³-hybridized carbons (Fsp3) is 0.172.